The van der Waals surface area contributed by atoms with E-state index >= 15 is 0 Å². The lowest BCUT2D eigenvalue weighted by Gasteiger charge is -2.26. The Bertz CT molecular complexity index is 1410. The van der Waals surface area contributed by atoms with Crippen molar-refractivity contribution in [1.82, 2.24) is 24.6 Å². The van der Waals surface area contributed by atoms with E-state index in [2.05, 4.69) is 56.6 Å². The van der Waals surface area contributed by atoms with Crippen molar-refractivity contribution in [1.29, 1.82) is 0 Å². The summed E-state index contributed by atoms with van der Waals surface area (Å²) in [6, 6.07) is 8.36. The number of nitrogens with one attached hydrogen (secondary N) is 1. The number of aromatic amines is 1. The van der Waals surface area contributed by atoms with Crippen molar-refractivity contribution in [2.45, 2.75) is 13.0 Å². The first-order chi connectivity index (χ1) is 14.7. The number of thiophene rings is 2. The van der Waals surface area contributed by atoms with Crippen molar-refractivity contribution in [2.75, 3.05) is 13.6 Å². The third-order valence-corrected chi connectivity index (χ3v) is 7.54. The fourth-order valence-corrected chi connectivity index (χ4v) is 6.17. The van der Waals surface area contributed by atoms with Crippen molar-refractivity contribution >= 4 is 45.1 Å². The quantitative estimate of drug-likeness (QED) is 0.366. The molecule has 5 aromatic rings. The molecule has 1 aliphatic rings. The predicted molar refractivity (Wildman–Crippen MR) is 123 cm³/mol. The number of likely N-dealkylation sites (N-methyl/N-ethyl adjacent to an activating group) is 1. The Morgan fingerprint density at radius 3 is 2.83 bits per heavy atom. The highest BCUT2D eigenvalue weighted by molar-refractivity contribution is 7.71. The van der Waals surface area contributed by atoms with Gasteiger partial charge in [-0.05, 0) is 48.4 Å². The summed E-state index contributed by atoms with van der Waals surface area (Å²) < 4.78 is 7.85. The highest BCUT2D eigenvalue weighted by Gasteiger charge is 2.28. The number of nitrogens with zero attached hydrogens (tertiary/aromatic N) is 4. The molecule has 5 aromatic heterocycles. The highest BCUT2D eigenvalue weighted by atomic mass is 32.1. The minimum atomic E-state index is 0.272. The molecular formula is C21H17N5OS3. The molecule has 0 aliphatic carbocycles. The minimum Gasteiger partial charge on any atom is -0.408 e. The summed E-state index contributed by atoms with van der Waals surface area (Å²) in [6.45, 7) is 1.91. The van der Waals surface area contributed by atoms with E-state index in [0.717, 1.165) is 40.3 Å². The molecule has 0 saturated carbocycles. The Morgan fingerprint density at radius 1 is 1.23 bits per heavy atom. The average molecular weight is 452 g/mol. The number of hydrogen-bond donors (Lipinski definition) is 1. The van der Waals surface area contributed by atoms with Gasteiger partial charge in [-0.2, -0.15) is 0 Å². The average Bonchev–Trinajstić information content (AvgIpc) is 3.51. The summed E-state index contributed by atoms with van der Waals surface area (Å²) in [5.41, 5.74) is 4.83. The molecule has 0 saturated heterocycles. The first-order valence-corrected chi connectivity index (χ1v) is 11.7. The second-order valence-corrected chi connectivity index (χ2v) is 9.66. The van der Waals surface area contributed by atoms with E-state index in [1.54, 1.807) is 22.7 Å². The summed E-state index contributed by atoms with van der Waals surface area (Å²) in [5, 5.41) is 10.4. The van der Waals surface area contributed by atoms with Crippen LogP contribution in [0.5, 0.6) is 0 Å². The lowest BCUT2D eigenvalue weighted by molar-refractivity contribution is 0.311. The Balaban J connectivity index is 1.78. The molecule has 0 aromatic carbocycles. The molecular weight excluding hydrogens is 434 g/mol. The van der Waals surface area contributed by atoms with Crippen LogP contribution >= 0.6 is 34.9 Å². The van der Waals surface area contributed by atoms with Gasteiger partial charge in [-0.1, -0.05) is 6.07 Å². The number of rotatable bonds is 3. The van der Waals surface area contributed by atoms with Crippen LogP contribution in [0.4, 0.5) is 0 Å². The molecule has 9 heteroatoms. The molecule has 0 atom stereocenters. The first kappa shape index (κ1) is 18.2. The van der Waals surface area contributed by atoms with Crippen molar-refractivity contribution in [2.24, 2.45) is 0 Å². The van der Waals surface area contributed by atoms with Crippen LogP contribution in [-0.4, -0.2) is 38.2 Å². The largest absolute Gasteiger partial charge is 0.408 e. The molecule has 150 valence electrons. The Morgan fingerprint density at radius 2 is 2.10 bits per heavy atom. The van der Waals surface area contributed by atoms with E-state index in [1.807, 2.05) is 12.1 Å². The van der Waals surface area contributed by atoms with Crippen molar-refractivity contribution in [3.05, 3.63) is 58.1 Å². The van der Waals surface area contributed by atoms with Crippen molar-refractivity contribution in [3.8, 4) is 26.9 Å². The number of fused-ring (bicyclic) bond motifs is 2. The van der Waals surface area contributed by atoms with Gasteiger partial charge in [0, 0.05) is 53.4 Å². The Kier molecular flexibility index (Phi) is 4.24. The third-order valence-electron chi connectivity index (χ3n) is 5.42. The van der Waals surface area contributed by atoms with Gasteiger partial charge >= 0.3 is 0 Å². The van der Waals surface area contributed by atoms with Crippen LogP contribution in [0.3, 0.4) is 0 Å². The zero-order valence-electron chi connectivity index (χ0n) is 16.1. The van der Waals surface area contributed by atoms with Gasteiger partial charge in [-0.3, -0.25) is 0 Å². The fraction of sp³-hybridized carbons (Fsp3) is 0.190. The second kappa shape index (κ2) is 6.98. The van der Waals surface area contributed by atoms with E-state index in [4.69, 9.17) is 21.6 Å². The summed E-state index contributed by atoms with van der Waals surface area (Å²) in [5.74, 6) is 0.499. The van der Waals surface area contributed by atoms with Gasteiger partial charge in [0.05, 0.1) is 5.69 Å². The maximum Gasteiger partial charge on any atom is 0.284 e. The first-order valence-electron chi connectivity index (χ1n) is 9.59. The molecule has 0 bridgehead atoms. The van der Waals surface area contributed by atoms with E-state index in [0.29, 0.717) is 5.89 Å². The summed E-state index contributed by atoms with van der Waals surface area (Å²) in [4.78, 5) is 10.9. The van der Waals surface area contributed by atoms with Gasteiger partial charge in [-0.25, -0.2) is 10.1 Å². The third kappa shape index (κ3) is 2.81. The molecule has 0 radical (unpaired) electrons. The molecule has 1 N–H and O–H groups in total. The number of pyridine rings is 1. The normalized spacial score (nSPS) is 14.4. The molecule has 30 heavy (non-hydrogen) atoms. The van der Waals surface area contributed by atoms with E-state index in [1.165, 1.54) is 21.7 Å². The van der Waals surface area contributed by atoms with Crippen molar-refractivity contribution < 1.29 is 4.42 Å². The van der Waals surface area contributed by atoms with Crippen LogP contribution in [0.2, 0.25) is 0 Å². The Labute approximate surface area is 185 Å². The monoisotopic (exact) mass is 451 g/mol. The topological polar surface area (TPSA) is 62.9 Å². The van der Waals surface area contributed by atoms with Gasteiger partial charge in [0.2, 0.25) is 0 Å². The van der Waals surface area contributed by atoms with Crippen LogP contribution in [0.15, 0.2) is 46.5 Å². The fourth-order valence-electron chi connectivity index (χ4n) is 4.12. The molecule has 6 heterocycles. The summed E-state index contributed by atoms with van der Waals surface area (Å²) in [6.07, 6.45) is 5.06. The molecule has 6 nitrogen and oxygen atoms in total. The zero-order valence-corrected chi connectivity index (χ0v) is 18.5. The van der Waals surface area contributed by atoms with Crippen molar-refractivity contribution in [3.63, 3.8) is 0 Å². The predicted octanol–water partition coefficient (Wildman–Crippen LogP) is 5.52. The van der Waals surface area contributed by atoms with E-state index < -0.39 is 0 Å². The highest BCUT2D eigenvalue weighted by Crippen LogP contribution is 2.47. The van der Waals surface area contributed by atoms with Crippen LogP contribution in [0, 0.1) is 4.84 Å². The smallest absolute Gasteiger partial charge is 0.284 e. The zero-order chi connectivity index (χ0) is 20.2. The van der Waals surface area contributed by atoms with Crippen LogP contribution in [0.1, 0.15) is 11.3 Å². The Hall–Kier alpha value is -2.59. The minimum absolute atomic E-state index is 0.272. The SMILES string of the molecule is CN1CCc2nc3sc(-c4n[nH]c(=S)o4)c(-n4cccc4)c3c(-c3cccs3)c2C1. The van der Waals surface area contributed by atoms with E-state index in [-0.39, 0.29) is 4.84 Å². The lowest BCUT2D eigenvalue weighted by Crippen LogP contribution is -2.27. The van der Waals surface area contributed by atoms with Gasteiger partial charge < -0.3 is 13.9 Å². The number of hydrogen-bond acceptors (Lipinski definition) is 7. The summed E-state index contributed by atoms with van der Waals surface area (Å²) in [7, 11) is 2.17. The van der Waals surface area contributed by atoms with Gasteiger partial charge in [-0.15, -0.1) is 27.8 Å². The van der Waals surface area contributed by atoms with Crippen LogP contribution in [0.25, 0.3) is 37.1 Å². The summed E-state index contributed by atoms with van der Waals surface area (Å²) >= 11 is 8.52. The van der Waals surface area contributed by atoms with Gasteiger partial charge in [0.25, 0.3) is 10.7 Å². The van der Waals surface area contributed by atoms with Crippen LogP contribution in [-0.2, 0) is 13.0 Å². The van der Waals surface area contributed by atoms with Crippen LogP contribution < -0.4 is 0 Å². The molecule has 1 aliphatic heterocycles. The molecule has 6 rings (SSSR count). The van der Waals surface area contributed by atoms with Gasteiger partial charge in [0.15, 0.2) is 0 Å². The number of H-pyrrole nitrogens is 1. The molecule has 0 unspecified atom stereocenters. The second-order valence-electron chi connectivity index (χ2n) is 7.35. The molecule has 0 amide bonds. The maximum absolute atomic E-state index is 5.72. The molecule has 0 spiro atoms. The van der Waals surface area contributed by atoms with Gasteiger partial charge in [0.1, 0.15) is 9.71 Å². The maximum atomic E-state index is 5.72. The lowest BCUT2D eigenvalue weighted by atomic mass is 9.96. The number of aromatic nitrogens is 4. The standard InChI is InChI=1S/C21H17N5OS3/c1-25-9-6-13-12(11-25)15(14-5-4-10-29-14)16-17(26-7-2-3-8-26)18(30-20(16)22-13)19-23-24-21(28)27-19/h2-5,7-8,10H,6,9,11H2,1H3,(H,24,28). The van der Waals surface area contributed by atoms with E-state index in [9.17, 15) is 0 Å². The molecule has 0 fully saturated rings.